The molecule has 2 aliphatic heterocycles. The Hall–Kier alpha value is -3.60. The van der Waals surface area contributed by atoms with E-state index in [9.17, 15) is 22.4 Å². The van der Waals surface area contributed by atoms with Crippen LogP contribution in [0.1, 0.15) is 41.6 Å². The number of nitrogens with zero attached hydrogens (tertiary/aromatic N) is 2. The van der Waals surface area contributed by atoms with Crippen LogP contribution in [-0.2, 0) is 30.6 Å². The minimum Gasteiger partial charge on any atom is -0.366 e. The Morgan fingerprint density at radius 2 is 1.74 bits per heavy atom. The van der Waals surface area contributed by atoms with Gasteiger partial charge in [0.15, 0.2) is 9.84 Å². The molecule has 10 heteroatoms. The van der Waals surface area contributed by atoms with E-state index in [0.717, 1.165) is 22.3 Å². The van der Waals surface area contributed by atoms with Crippen LogP contribution in [-0.4, -0.2) is 73.7 Å². The van der Waals surface area contributed by atoms with Gasteiger partial charge in [-0.2, -0.15) is 0 Å². The maximum absolute atomic E-state index is 14.2. The van der Waals surface area contributed by atoms with Crippen molar-refractivity contribution in [2.24, 2.45) is 5.73 Å². The van der Waals surface area contributed by atoms with E-state index in [0.29, 0.717) is 13.0 Å². The third kappa shape index (κ3) is 5.84. The molecule has 8 nitrogen and oxygen atoms in total. The van der Waals surface area contributed by atoms with E-state index < -0.39 is 33.3 Å². The lowest BCUT2D eigenvalue weighted by Gasteiger charge is -2.44. The quantitative estimate of drug-likeness (QED) is 0.450. The molecule has 3 aromatic rings. The molecule has 2 N–H and O–H groups in total. The molecule has 0 spiro atoms. The molecule has 0 aromatic heterocycles. The van der Waals surface area contributed by atoms with E-state index in [1.54, 1.807) is 41.3 Å². The number of hydrogen-bond donors (Lipinski definition) is 1. The fraction of sp³-hybridized carbons (Fsp3) is 0.375. The van der Waals surface area contributed by atoms with E-state index in [-0.39, 0.29) is 48.6 Å². The standard InChI is InChI=1S/C32H36FN3O5S/c1-21-7-13-26(14-8-21)42(39,40)30-19-29(41-20-28(30)35(18-16-34)22(2)37)32(38)36-17-15-23-5-3-4-6-27(23)31(36)24-9-11-25(33)12-10-24/h3-14,28-31H,15-20,34H2,1-2H3/t28-,29+,30-,31-/m0/s1. The highest BCUT2D eigenvalue weighted by molar-refractivity contribution is 7.92. The van der Waals surface area contributed by atoms with Gasteiger partial charge in [0, 0.05) is 33.0 Å². The lowest BCUT2D eigenvalue weighted by molar-refractivity contribution is -0.153. The zero-order valence-corrected chi connectivity index (χ0v) is 24.6. The summed E-state index contributed by atoms with van der Waals surface area (Å²) in [6.45, 7) is 3.83. The summed E-state index contributed by atoms with van der Waals surface area (Å²) in [5.74, 6) is -1.03. The monoisotopic (exact) mass is 593 g/mol. The van der Waals surface area contributed by atoms with Gasteiger partial charge in [-0.25, -0.2) is 12.8 Å². The van der Waals surface area contributed by atoms with E-state index in [4.69, 9.17) is 10.5 Å². The smallest absolute Gasteiger partial charge is 0.252 e. The normalized spacial score (nSPS) is 22.3. The first kappa shape index (κ1) is 29.9. The van der Waals surface area contributed by atoms with Crippen molar-refractivity contribution >= 4 is 21.7 Å². The number of nitrogens with two attached hydrogens (primary N) is 1. The number of carbonyl (C=O) groups is 2. The molecule has 2 amide bonds. The molecule has 0 bridgehead atoms. The van der Waals surface area contributed by atoms with Crippen LogP contribution in [0.25, 0.3) is 0 Å². The molecule has 2 aliphatic rings. The van der Waals surface area contributed by atoms with Gasteiger partial charge in [-0.15, -0.1) is 0 Å². The van der Waals surface area contributed by atoms with Gasteiger partial charge >= 0.3 is 0 Å². The van der Waals surface area contributed by atoms with E-state index in [1.807, 2.05) is 31.2 Å². The molecular formula is C32H36FN3O5S. The number of ether oxygens (including phenoxy) is 1. The molecule has 4 atom stereocenters. The van der Waals surface area contributed by atoms with Crippen molar-refractivity contribution in [1.82, 2.24) is 9.80 Å². The van der Waals surface area contributed by atoms with Crippen LogP contribution >= 0.6 is 0 Å². The summed E-state index contributed by atoms with van der Waals surface area (Å²) in [6, 6.07) is 19.2. The van der Waals surface area contributed by atoms with Gasteiger partial charge in [-0.3, -0.25) is 9.59 Å². The van der Waals surface area contributed by atoms with Gasteiger partial charge in [-0.1, -0.05) is 54.1 Å². The van der Waals surface area contributed by atoms with Gasteiger partial charge in [-0.05, 0) is 54.3 Å². The van der Waals surface area contributed by atoms with Gasteiger partial charge in [0.2, 0.25) is 5.91 Å². The number of carbonyl (C=O) groups excluding carboxylic acids is 2. The van der Waals surface area contributed by atoms with Gasteiger partial charge in [0.1, 0.15) is 11.9 Å². The summed E-state index contributed by atoms with van der Waals surface area (Å²) >= 11 is 0. The van der Waals surface area contributed by atoms with Gasteiger partial charge < -0.3 is 20.3 Å². The lowest BCUT2D eigenvalue weighted by atomic mass is 9.87. The van der Waals surface area contributed by atoms with Crippen LogP contribution in [0.4, 0.5) is 4.39 Å². The Kier molecular flexibility index (Phi) is 8.77. The molecule has 0 saturated carbocycles. The highest BCUT2D eigenvalue weighted by Crippen LogP contribution is 2.38. The second-order valence-corrected chi connectivity index (χ2v) is 13.1. The van der Waals surface area contributed by atoms with Gasteiger partial charge in [0.05, 0.1) is 28.8 Å². The molecule has 2 heterocycles. The van der Waals surface area contributed by atoms with Crippen LogP contribution in [0.15, 0.2) is 77.7 Å². The first-order valence-corrected chi connectivity index (χ1v) is 15.7. The molecule has 3 aromatic carbocycles. The average molecular weight is 594 g/mol. The highest BCUT2D eigenvalue weighted by atomic mass is 32.2. The largest absolute Gasteiger partial charge is 0.366 e. The van der Waals surface area contributed by atoms with Crippen LogP contribution in [0.2, 0.25) is 0 Å². The fourth-order valence-electron chi connectivity index (χ4n) is 6.15. The van der Waals surface area contributed by atoms with E-state index >= 15 is 0 Å². The number of fused-ring (bicyclic) bond motifs is 1. The number of hydrogen-bond acceptors (Lipinski definition) is 6. The average Bonchev–Trinajstić information content (AvgIpc) is 2.99. The Labute approximate surface area is 246 Å². The van der Waals surface area contributed by atoms with Crippen LogP contribution in [0, 0.1) is 12.7 Å². The molecule has 0 aliphatic carbocycles. The van der Waals surface area contributed by atoms with E-state index in [2.05, 4.69) is 0 Å². The van der Waals surface area contributed by atoms with Crippen molar-refractivity contribution < 1.29 is 27.1 Å². The predicted octanol–water partition coefficient (Wildman–Crippen LogP) is 3.42. The Bertz CT molecular complexity index is 1550. The molecule has 0 radical (unpaired) electrons. The van der Waals surface area contributed by atoms with Crippen LogP contribution in [0.5, 0.6) is 0 Å². The number of benzene rings is 3. The van der Waals surface area contributed by atoms with Crippen LogP contribution in [0.3, 0.4) is 0 Å². The minimum atomic E-state index is -3.97. The third-order valence-corrected chi connectivity index (χ3v) is 10.5. The lowest BCUT2D eigenvalue weighted by Crippen LogP contribution is -2.59. The Morgan fingerprint density at radius 3 is 2.40 bits per heavy atom. The molecule has 1 fully saturated rings. The Morgan fingerprint density at radius 1 is 1.05 bits per heavy atom. The summed E-state index contributed by atoms with van der Waals surface area (Å²) in [5.41, 5.74) is 9.48. The predicted molar refractivity (Wildman–Crippen MR) is 157 cm³/mol. The van der Waals surface area contributed by atoms with Crippen molar-refractivity contribution in [2.45, 2.75) is 55.0 Å². The molecular weight excluding hydrogens is 557 g/mol. The van der Waals surface area contributed by atoms with E-state index in [1.165, 1.54) is 24.0 Å². The van der Waals surface area contributed by atoms with Crippen molar-refractivity contribution in [2.75, 3.05) is 26.2 Å². The SMILES string of the molecule is CC(=O)N(CCN)[C@H]1CO[C@@H](C(=O)N2CCc3ccccc3[C@@H]2c2ccc(F)cc2)C[C@@H]1S(=O)(=O)c1ccc(C)cc1. The number of amides is 2. The summed E-state index contributed by atoms with van der Waals surface area (Å²) < 4.78 is 48.1. The molecule has 42 heavy (non-hydrogen) atoms. The second-order valence-electron chi connectivity index (χ2n) is 11.0. The maximum Gasteiger partial charge on any atom is 0.252 e. The number of sulfone groups is 1. The molecule has 222 valence electrons. The molecule has 0 unspecified atom stereocenters. The maximum atomic E-state index is 14.2. The fourth-order valence-corrected chi connectivity index (χ4v) is 8.08. The zero-order valence-electron chi connectivity index (χ0n) is 23.8. The topological polar surface area (TPSA) is 110 Å². The van der Waals surface area contributed by atoms with Crippen molar-refractivity contribution in [1.29, 1.82) is 0 Å². The third-order valence-electron chi connectivity index (χ3n) is 8.29. The Balaban J connectivity index is 1.51. The zero-order chi connectivity index (χ0) is 30.0. The number of aryl methyl sites for hydroxylation is 1. The first-order chi connectivity index (χ1) is 20.1. The van der Waals surface area contributed by atoms with Crippen LogP contribution < -0.4 is 5.73 Å². The number of rotatable bonds is 7. The molecule has 5 rings (SSSR count). The first-order valence-electron chi connectivity index (χ1n) is 14.1. The highest BCUT2D eigenvalue weighted by Gasteiger charge is 2.47. The summed E-state index contributed by atoms with van der Waals surface area (Å²) in [5, 5.41) is -1.08. The summed E-state index contributed by atoms with van der Waals surface area (Å²) in [7, 11) is -3.97. The van der Waals surface area contributed by atoms with Crippen molar-refractivity contribution in [3.05, 3.63) is 101 Å². The van der Waals surface area contributed by atoms with Crippen molar-refractivity contribution in [3.8, 4) is 0 Å². The summed E-state index contributed by atoms with van der Waals surface area (Å²) in [4.78, 5) is 30.1. The summed E-state index contributed by atoms with van der Waals surface area (Å²) in [6.07, 6.45) is -0.553. The second kappa shape index (κ2) is 12.3. The molecule has 1 saturated heterocycles. The van der Waals surface area contributed by atoms with Gasteiger partial charge in [0.25, 0.3) is 5.91 Å². The van der Waals surface area contributed by atoms with Crippen molar-refractivity contribution in [3.63, 3.8) is 0 Å². The minimum absolute atomic E-state index is 0.123. The number of halogens is 1.